The fourth-order valence-corrected chi connectivity index (χ4v) is 0.988. The van der Waals surface area contributed by atoms with Gasteiger partial charge in [-0.05, 0) is 0 Å². The summed E-state index contributed by atoms with van der Waals surface area (Å²) in [6.07, 6.45) is -3.97. The van der Waals surface area contributed by atoms with Crippen molar-refractivity contribution in [1.82, 2.24) is 4.98 Å². The van der Waals surface area contributed by atoms with Gasteiger partial charge in [0.05, 0.1) is 18.9 Å². The lowest BCUT2D eigenvalue weighted by atomic mass is 10.1. The number of esters is 1. The van der Waals surface area contributed by atoms with Crippen LogP contribution >= 0.6 is 0 Å². The molecule has 1 aromatic rings. The molecule has 1 rings (SSSR count). The number of methoxy groups -OCH3 is 1. The molecule has 0 aliphatic carbocycles. The van der Waals surface area contributed by atoms with Crippen LogP contribution in [0.15, 0.2) is 12.4 Å². The van der Waals surface area contributed by atoms with Crippen molar-refractivity contribution in [2.24, 2.45) is 0 Å². The second kappa shape index (κ2) is 3.84. The summed E-state index contributed by atoms with van der Waals surface area (Å²) in [7, 11) is 0.896. The number of halogens is 4. The van der Waals surface area contributed by atoms with Gasteiger partial charge in [-0.15, -0.1) is 0 Å². The van der Waals surface area contributed by atoms with Crippen molar-refractivity contribution in [2.45, 2.75) is 6.18 Å². The van der Waals surface area contributed by atoms with E-state index in [0.29, 0.717) is 12.4 Å². The molecule has 0 saturated carbocycles. The molecule has 0 aliphatic rings. The Labute approximate surface area is 81.7 Å². The molecule has 3 nitrogen and oxygen atoms in total. The largest absolute Gasteiger partial charge is 0.465 e. The van der Waals surface area contributed by atoms with Gasteiger partial charge in [0, 0.05) is 6.20 Å². The van der Waals surface area contributed by atoms with E-state index in [1.165, 1.54) is 0 Å². The number of ether oxygens (including phenoxy) is 1. The van der Waals surface area contributed by atoms with E-state index in [-0.39, 0.29) is 0 Å². The number of aromatic nitrogens is 1. The van der Waals surface area contributed by atoms with Gasteiger partial charge in [-0.1, -0.05) is 0 Å². The summed E-state index contributed by atoms with van der Waals surface area (Å²) in [5, 5.41) is 0. The number of alkyl halides is 3. The number of carbonyl (C=O) groups is 1. The normalized spacial score (nSPS) is 11.3. The van der Waals surface area contributed by atoms with Gasteiger partial charge < -0.3 is 4.74 Å². The van der Waals surface area contributed by atoms with Gasteiger partial charge in [0.1, 0.15) is 5.56 Å². The van der Waals surface area contributed by atoms with Crippen molar-refractivity contribution in [3.05, 3.63) is 29.3 Å². The van der Waals surface area contributed by atoms with E-state index in [1.54, 1.807) is 0 Å². The quantitative estimate of drug-likeness (QED) is 0.540. The number of hydrogen-bond acceptors (Lipinski definition) is 3. The average Bonchev–Trinajstić information content (AvgIpc) is 2.14. The average molecular weight is 223 g/mol. The van der Waals surface area contributed by atoms with Crippen molar-refractivity contribution >= 4 is 5.97 Å². The molecule has 0 spiro atoms. The van der Waals surface area contributed by atoms with Gasteiger partial charge in [0.15, 0.2) is 5.82 Å². The Balaban J connectivity index is 3.40. The number of hydrogen-bond donors (Lipinski definition) is 0. The van der Waals surface area contributed by atoms with Gasteiger partial charge >= 0.3 is 12.1 Å². The number of nitrogens with zero attached hydrogens (tertiary/aromatic N) is 1. The van der Waals surface area contributed by atoms with Crippen LogP contribution in [0.1, 0.15) is 15.9 Å². The third kappa shape index (κ3) is 2.23. The number of pyridine rings is 1. The number of carbonyl (C=O) groups excluding carboxylic acids is 1. The van der Waals surface area contributed by atoms with E-state index in [1.807, 2.05) is 0 Å². The molecule has 0 N–H and O–H groups in total. The maximum atomic E-state index is 12.9. The summed E-state index contributed by atoms with van der Waals surface area (Å²) in [5.41, 5.74) is -2.60. The van der Waals surface area contributed by atoms with Gasteiger partial charge in [0.25, 0.3) is 0 Å². The van der Waals surface area contributed by atoms with E-state index < -0.39 is 29.1 Å². The Bertz CT molecular complexity index is 389. The molecule has 0 fully saturated rings. The third-order valence-electron chi connectivity index (χ3n) is 1.59. The molecule has 1 heterocycles. The summed E-state index contributed by atoms with van der Waals surface area (Å²) in [5.74, 6) is -2.89. The van der Waals surface area contributed by atoms with Crippen LogP contribution in [-0.4, -0.2) is 18.1 Å². The lowest BCUT2D eigenvalue weighted by molar-refractivity contribution is -0.140. The summed E-state index contributed by atoms with van der Waals surface area (Å²) in [4.78, 5) is 14.1. The Morgan fingerprint density at radius 1 is 1.40 bits per heavy atom. The first-order valence-corrected chi connectivity index (χ1v) is 3.67. The summed E-state index contributed by atoms with van der Waals surface area (Å²) in [6.45, 7) is 0. The molecule has 1 aromatic heterocycles. The summed E-state index contributed by atoms with van der Waals surface area (Å²) < 4.78 is 53.9. The predicted molar refractivity (Wildman–Crippen MR) is 40.5 cm³/mol. The first kappa shape index (κ1) is 11.4. The van der Waals surface area contributed by atoms with Crippen molar-refractivity contribution in [1.29, 1.82) is 0 Å². The molecule has 15 heavy (non-hydrogen) atoms. The molecular weight excluding hydrogens is 218 g/mol. The lowest BCUT2D eigenvalue weighted by Gasteiger charge is -2.11. The number of rotatable bonds is 1. The molecule has 0 unspecified atom stereocenters. The van der Waals surface area contributed by atoms with Crippen molar-refractivity contribution < 1.29 is 27.1 Å². The molecular formula is C8H5F4NO2. The SMILES string of the molecule is COC(=O)c1cncc(F)c1C(F)(F)F. The monoisotopic (exact) mass is 223 g/mol. The highest BCUT2D eigenvalue weighted by molar-refractivity contribution is 5.90. The minimum absolute atomic E-state index is 0.384. The van der Waals surface area contributed by atoms with Gasteiger partial charge in [0.2, 0.25) is 0 Å². The minimum atomic E-state index is -4.96. The standard InChI is InChI=1S/C8H5F4NO2/c1-15-7(14)4-2-13-3-5(9)6(4)8(10,11)12/h2-3H,1H3. The predicted octanol–water partition coefficient (Wildman–Crippen LogP) is 2.03. The Hall–Kier alpha value is -1.66. The van der Waals surface area contributed by atoms with E-state index >= 15 is 0 Å². The van der Waals surface area contributed by atoms with Crippen LogP contribution in [0.2, 0.25) is 0 Å². The zero-order valence-electron chi connectivity index (χ0n) is 7.43. The van der Waals surface area contributed by atoms with Crippen LogP contribution in [0.3, 0.4) is 0 Å². The summed E-state index contributed by atoms with van der Waals surface area (Å²) in [6, 6.07) is 0. The van der Waals surface area contributed by atoms with Crippen LogP contribution in [-0.2, 0) is 10.9 Å². The fourth-order valence-electron chi connectivity index (χ4n) is 0.988. The minimum Gasteiger partial charge on any atom is -0.465 e. The highest BCUT2D eigenvalue weighted by atomic mass is 19.4. The van der Waals surface area contributed by atoms with Crippen LogP contribution in [0.25, 0.3) is 0 Å². The van der Waals surface area contributed by atoms with Crippen LogP contribution in [0, 0.1) is 5.82 Å². The molecule has 0 atom stereocenters. The topological polar surface area (TPSA) is 39.2 Å². The molecule has 0 aromatic carbocycles. The van der Waals surface area contributed by atoms with Crippen LogP contribution in [0.4, 0.5) is 17.6 Å². The van der Waals surface area contributed by atoms with Crippen molar-refractivity contribution in [3.8, 4) is 0 Å². The third-order valence-corrected chi connectivity index (χ3v) is 1.59. The van der Waals surface area contributed by atoms with E-state index in [2.05, 4.69) is 9.72 Å². The Kier molecular flexibility index (Phi) is 2.92. The van der Waals surface area contributed by atoms with Gasteiger partial charge in [-0.25, -0.2) is 9.18 Å². The second-order valence-corrected chi connectivity index (χ2v) is 2.53. The van der Waals surface area contributed by atoms with Crippen molar-refractivity contribution in [2.75, 3.05) is 7.11 Å². The molecule has 0 amide bonds. The molecule has 0 bridgehead atoms. The lowest BCUT2D eigenvalue weighted by Crippen LogP contribution is -2.17. The summed E-state index contributed by atoms with van der Waals surface area (Å²) >= 11 is 0. The molecule has 82 valence electrons. The first-order chi connectivity index (χ1) is 6.88. The van der Waals surface area contributed by atoms with Crippen LogP contribution in [0.5, 0.6) is 0 Å². The molecule has 7 heteroatoms. The first-order valence-electron chi connectivity index (χ1n) is 3.67. The zero-order chi connectivity index (χ0) is 11.6. The van der Waals surface area contributed by atoms with Gasteiger partial charge in [-0.2, -0.15) is 13.2 Å². The second-order valence-electron chi connectivity index (χ2n) is 2.53. The van der Waals surface area contributed by atoms with E-state index in [9.17, 15) is 22.4 Å². The Morgan fingerprint density at radius 3 is 2.47 bits per heavy atom. The fraction of sp³-hybridized carbons (Fsp3) is 0.250. The van der Waals surface area contributed by atoms with Crippen LogP contribution < -0.4 is 0 Å². The van der Waals surface area contributed by atoms with Gasteiger partial charge in [-0.3, -0.25) is 4.98 Å². The highest BCUT2D eigenvalue weighted by Gasteiger charge is 2.39. The Morgan fingerprint density at radius 2 is 2.00 bits per heavy atom. The van der Waals surface area contributed by atoms with E-state index in [4.69, 9.17) is 0 Å². The van der Waals surface area contributed by atoms with Crippen molar-refractivity contribution in [3.63, 3.8) is 0 Å². The maximum Gasteiger partial charge on any atom is 0.420 e. The maximum absolute atomic E-state index is 12.9. The highest BCUT2D eigenvalue weighted by Crippen LogP contribution is 2.33. The molecule has 0 radical (unpaired) electrons. The zero-order valence-corrected chi connectivity index (χ0v) is 7.43. The molecule has 0 aliphatic heterocycles. The molecule has 0 saturated heterocycles. The van der Waals surface area contributed by atoms with E-state index in [0.717, 1.165) is 7.11 Å². The smallest absolute Gasteiger partial charge is 0.420 e.